The molecule has 0 aliphatic carbocycles. The van der Waals surface area contributed by atoms with Crippen molar-refractivity contribution in [2.24, 2.45) is 17.6 Å². The van der Waals surface area contributed by atoms with Gasteiger partial charge in [-0.1, -0.05) is 13.0 Å². The Morgan fingerprint density at radius 2 is 2.17 bits per heavy atom. The second kappa shape index (κ2) is 10.1. The summed E-state index contributed by atoms with van der Waals surface area (Å²) in [5.41, 5.74) is 7.36. The molecule has 0 spiro atoms. The number of β-amino-alcohol motifs (C(OH)–C–C–N with tert-alkyl or cyclic N) is 1. The molecule has 0 unspecified atom stereocenters. The molecule has 1 saturated heterocycles. The smallest absolute Gasteiger partial charge is 0.260 e. The number of carbonyl (C=O) groups excluding carboxylic acids is 2. The van der Waals surface area contributed by atoms with Crippen LogP contribution in [-0.2, 0) is 24.4 Å². The fourth-order valence-corrected chi connectivity index (χ4v) is 4.61. The quantitative estimate of drug-likeness (QED) is 0.388. The summed E-state index contributed by atoms with van der Waals surface area (Å²) in [7, 11) is -3.91. The number of amides is 2. The van der Waals surface area contributed by atoms with E-state index < -0.39 is 45.8 Å². The van der Waals surface area contributed by atoms with E-state index in [1.807, 2.05) is 0 Å². The predicted octanol–water partition coefficient (Wildman–Crippen LogP) is -0.0472. The Kier molecular flexibility index (Phi) is 8.08. The second-order valence-electron chi connectivity index (χ2n) is 7.13. The third kappa shape index (κ3) is 5.95. The largest absolute Gasteiger partial charge is 0.391 e. The summed E-state index contributed by atoms with van der Waals surface area (Å²) in [4.78, 5) is 32.2. The van der Waals surface area contributed by atoms with E-state index in [1.54, 1.807) is 26.0 Å². The minimum Gasteiger partial charge on any atom is -0.391 e. The number of aromatic nitrogens is 1. The lowest BCUT2D eigenvalue weighted by Gasteiger charge is -2.27. The van der Waals surface area contributed by atoms with Gasteiger partial charge in [0.05, 0.1) is 12.0 Å². The molecule has 0 bridgehead atoms. The van der Waals surface area contributed by atoms with Crippen molar-refractivity contribution in [1.82, 2.24) is 14.8 Å². The van der Waals surface area contributed by atoms with E-state index in [0.29, 0.717) is 6.42 Å². The molecular weight excluding hydrogens is 400 g/mol. The number of hydroxylamine groups is 1. The standard InChI is InChI=1S/C18H27N4O6S/c1-12(17(19)24)8-10-28-21-18(25)14-7-6-13(2)22(11-15(14)23)29(26,27)16-5-3-4-9-20-16/h3-5,9-10,12-15,23H,6-8,11H2,1-2H3,(H2,19,24)(H,21,25)/t12-,13+,14-,15-/m1/s1. The fourth-order valence-electron chi connectivity index (χ4n) is 2.99. The Morgan fingerprint density at radius 1 is 1.45 bits per heavy atom. The van der Waals surface area contributed by atoms with E-state index in [-0.39, 0.29) is 24.4 Å². The lowest BCUT2D eigenvalue weighted by Crippen LogP contribution is -2.44. The minimum absolute atomic E-state index is 0.108. The fraction of sp³-hybridized carbons (Fsp3) is 0.556. The zero-order valence-electron chi connectivity index (χ0n) is 16.4. The Morgan fingerprint density at radius 3 is 2.79 bits per heavy atom. The number of hydrogen-bond donors (Lipinski definition) is 3. The number of sulfonamides is 1. The molecule has 29 heavy (non-hydrogen) atoms. The molecule has 2 rings (SSSR count). The molecule has 0 aromatic carbocycles. The number of carbonyl (C=O) groups is 2. The van der Waals surface area contributed by atoms with Crippen molar-refractivity contribution in [2.45, 2.75) is 50.3 Å². The summed E-state index contributed by atoms with van der Waals surface area (Å²) in [6, 6.07) is 4.15. The molecule has 1 aliphatic heterocycles. The van der Waals surface area contributed by atoms with Crippen molar-refractivity contribution in [3.63, 3.8) is 0 Å². The van der Waals surface area contributed by atoms with E-state index in [0.717, 1.165) is 0 Å². The number of pyridine rings is 1. The second-order valence-corrected chi connectivity index (χ2v) is 8.97. The van der Waals surface area contributed by atoms with E-state index >= 15 is 0 Å². The van der Waals surface area contributed by atoms with Crippen LogP contribution in [0.5, 0.6) is 0 Å². The summed E-state index contributed by atoms with van der Waals surface area (Å²) >= 11 is 0. The minimum atomic E-state index is -3.91. The monoisotopic (exact) mass is 427 g/mol. The molecule has 11 heteroatoms. The van der Waals surface area contributed by atoms with Gasteiger partial charge in [0.1, 0.15) is 6.61 Å². The number of rotatable bonds is 8. The van der Waals surface area contributed by atoms with E-state index in [9.17, 15) is 23.1 Å². The van der Waals surface area contributed by atoms with Gasteiger partial charge in [0, 0.05) is 24.7 Å². The average Bonchev–Trinajstić information content (AvgIpc) is 2.84. The Labute approximate surface area is 170 Å². The molecule has 4 N–H and O–H groups in total. The molecule has 0 saturated carbocycles. The van der Waals surface area contributed by atoms with Crippen molar-refractivity contribution in [2.75, 3.05) is 6.54 Å². The van der Waals surface area contributed by atoms with Crippen molar-refractivity contribution in [3.05, 3.63) is 31.0 Å². The van der Waals surface area contributed by atoms with Gasteiger partial charge in [-0.05, 0) is 38.3 Å². The lowest BCUT2D eigenvalue weighted by atomic mass is 9.96. The first kappa shape index (κ1) is 23.2. The van der Waals surface area contributed by atoms with Crippen LogP contribution < -0.4 is 11.2 Å². The van der Waals surface area contributed by atoms with Crippen molar-refractivity contribution >= 4 is 21.8 Å². The zero-order valence-corrected chi connectivity index (χ0v) is 17.2. The number of aliphatic hydroxyl groups is 1. The SMILES string of the molecule is C[C@H](C[CH]ONC(=O)[C@@H]1CC[C@H](C)N(S(=O)(=O)c2ccccn2)C[C@H]1O)C(N)=O. The summed E-state index contributed by atoms with van der Waals surface area (Å²) < 4.78 is 26.9. The molecule has 10 nitrogen and oxygen atoms in total. The summed E-state index contributed by atoms with van der Waals surface area (Å²) in [6.07, 6.45) is 1.05. The summed E-state index contributed by atoms with van der Waals surface area (Å²) in [6.45, 7) is 4.36. The number of hydrogen-bond acceptors (Lipinski definition) is 7. The number of nitrogens with two attached hydrogens (primary N) is 1. The van der Waals surface area contributed by atoms with Crippen molar-refractivity contribution in [3.8, 4) is 0 Å². The van der Waals surface area contributed by atoms with Gasteiger partial charge in [-0.15, -0.1) is 0 Å². The van der Waals surface area contributed by atoms with E-state index in [4.69, 9.17) is 10.6 Å². The van der Waals surface area contributed by atoms with Crippen molar-refractivity contribution in [1.29, 1.82) is 0 Å². The van der Waals surface area contributed by atoms with Gasteiger partial charge in [-0.2, -0.15) is 4.31 Å². The van der Waals surface area contributed by atoms with Crippen LogP contribution in [0.4, 0.5) is 0 Å². The molecule has 1 aromatic rings. The Hall–Kier alpha value is -2.08. The molecule has 1 aromatic heterocycles. The molecule has 1 radical (unpaired) electrons. The predicted molar refractivity (Wildman–Crippen MR) is 103 cm³/mol. The first-order valence-electron chi connectivity index (χ1n) is 9.32. The number of primary amides is 1. The van der Waals surface area contributed by atoms with Gasteiger partial charge >= 0.3 is 0 Å². The molecule has 2 amide bonds. The van der Waals surface area contributed by atoms with Gasteiger partial charge < -0.3 is 10.8 Å². The number of nitrogens with zero attached hydrogens (tertiary/aromatic N) is 2. The maximum Gasteiger partial charge on any atom is 0.260 e. The van der Waals surface area contributed by atoms with Gasteiger partial charge in [0.15, 0.2) is 5.03 Å². The highest BCUT2D eigenvalue weighted by Crippen LogP contribution is 2.27. The van der Waals surface area contributed by atoms with Gasteiger partial charge in [0.25, 0.3) is 10.0 Å². The average molecular weight is 428 g/mol. The maximum absolute atomic E-state index is 12.9. The van der Waals surface area contributed by atoms with Gasteiger partial charge in [0.2, 0.25) is 11.8 Å². The first-order chi connectivity index (χ1) is 13.6. The zero-order chi connectivity index (χ0) is 21.6. The molecule has 1 aliphatic rings. The van der Waals surface area contributed by atoms with Gasteiger partial charge in [-0.3, -0.25) is 14.4 Å². The molecule has 2 heterocycles. The van der Waals surface area contributed by atoms with Crippen LogP contribution in [0.2, 0.25) is 0 Å². The highest BCUT2D eigenvalue weighted by molar-refractivity contribution is 7.89. The molecule has 161 valence electrons. The van der Waals surface area contributed by atoms with E-state index in [2.05, 4.69) is 10.5 Å². The van der Waals surface area contributed by atoms with Crippen LogP contribution in [0.25, 0.3) is 0 Å². The Balaban J connectivity index is 1.99. The van der Waals surface area contributed by atoms with Crippen LogP contribution >= 0.6 is 0 Å². The number of aliphatic hydroxyl groups excluding tert-OH is 1. The van der Waals surface area contributed by atoms with Crippen LogP contribution in [0.15, 0.2) is 29.4 Å². The molecule has 4 atom stereocenters. The first-order valence-corrected chi connectivity index (χ1v) is 10.8. The highest BCUT2D eigenvalue weighted by Gasteiger charge is 2.39. The summed E-state index contributed by atoms with van der Waals surface area (Å²) in [5, 5.41) is 10.4. The normalized spacial score (nSPS) is 24.4. The number of nitrogens with one attached hydrogen (secondary N) is 1. The molecule has 1 fully saturated rings. The third-order valence-corrected chi connectivity index (χ3v) is 6.84. The molecular formula is C18H27N4O6S. The lowest BCUT2D eigenvalue weighted by molar-refractivity contribution is -0.139. The van der Waals surface area contributed by atoms with Crippen LogP contribution in [-0.4, -0.2) is 53.3 Å². The Bertz CT molecular complexity index is 804. The van der Waals surface area contributed by atoms with Crippen LogP contribution in [0.3, 0.4) is 0 Å². The topological polar surface area (TPSA) is 152 Å². The van der Waals surface area contributed by atoms with Gasteiger partial charge in [-0.25, -0.2) is 18.9 Å². The maximum atomic E-state index is 12.9. The van der Waals surface area contributed by atoms with Crippen molar-refractivity contribution < 1.29 is 28.0 Å². The van der Waals surface area contributed by atoms with E-state index in [1.165, 1.54) is 23.2 Å². The van der Waals surface area contributed by atoms with Crippen LogP contribution in [0, 0.1) is 18.4 Å². The van der Waals surface area contributed by atoms with Crippen LogP contribution in [0.1, 0.15) is 33.1 Å². The third-order valence-electron chi connectivity index (χ3n) is 4.94. The summed E-state index contributed by atoms with van der Waals surface area (Å²) in [5.74, 6) is -2.34. The highest BCUT2D eigenvalue weighted by atomic mass is 32.2.